The van der Waals surface area contributed by atoms with Crippen LogP contribution in [0.3, 0.4) is 0 Å². The van der Waals surface area contributed by atoms with Crippen molar-refractivity contribution in [3.63, 3.8) is 0 Å². The Bertz CT molecular complexity index is 1430. The number of hydrogen-bond donors (Lipinski definition) is 0. The van der Waals surface area contributed by atoms with E-state index in [4.69, 9.17) is 13.2 Å². The Morgan fingerprint density at radius 3 is 2.34 bits per heavy atom. The van der Waals surface area contributed by atoms with Crippen LogP contribution in [0.4, 0.5) is 0 Å². The first-order valence-corrected chi connectivity index (χ1v) is 9.74. The van der Waals surface area contributed by atoms with Gasteiger partial charge in [0, 0.05) is 31.0 Å². The van der Waals surface area contributed by atoms with Crippen LogP contribution in [0.15, 0.2) is 79.0 Å². The lowest BCUT2D eigenvalue weighted by Gasteiger charge is -2.23. The third kappa shape index (κ3) is 2.73. The summed E-state index contributed by atoms with van der Waals surface area (Å²) in [7, 11) is 0. The number of benzene rings is 3. The minimum atomic E-state index is -2.25. The fraction of sp³-hybridized carbons (Fsp3) is 0.179. The summed E-state index contributed by atoms with van der Waals surface area (Å²) in [6, 6.07) is 22.3. The number of pyridine rings is 1. The molecule has 5 rings (SSSR count). The summed E-state index contributed by atoms with van der Waals surface area (Å²) >= 11 is 0. The molecule has 0 atom stereocenters. The molecule has 1 nitrogen and oxygen atoms in total. The van der Waals surface area contributed by atoms with Gasteiger partial charge in [0.25, 0.3) is 0 Å². The molecule has 0 radical (unpaired) electrons. The van der Waals surface area contributed by atoms with E-state index < -0.39 is 19.1 Å². The molecule has 29 heavy (non-hydrogen) atoms. The van der Waals surface area contributed by atoms with Gasteiger partial charge in [-0.05, 0) is 64.8 Å². The van der Waals surface area contributed by atoms with Gasteiger partial charge in [0.2, 0.25) is 0 Å². The van der Waals surface area contributed by atoms with Gasteiger partial charge in [-0.2, -0.15) is 0 Å². The van der Waals surface area contributed by atoms with Gasteiger partial charge in [0.1, 0.15) is 0 Å². The largest absolute Gasteiger partial charge is 0.256 e. The third-order valence-electron chi connectivity index (χ3n) is 5.96. The molecule has 1 aromatic heterocycles. The van der Waals surface area contributed by atoms with E-state index in [0.717, 1.165) is 33.4 Å². The van der Waals surface area contributed by atoms with Crippen LogP contribution in [0.1, 0.15) is 44.3 Å². The average molecular weight is 382 g/mol. The highest BCUT2D eigenvalue weighted by Crippen LogP contribution is 2.50. The lowest BCUT2D eigenvalue weighted by molar-refractivity contribution is 0.655. The van der Waals surface area contributed by atoms with Crippen molar-refractivity contribution < 1.29 is 8.22 Å². The molecule has 0 amide bonds. The van der Waals surface area contributed by atoms with Crippen LogP contribution in [-0.4, -0.2) is 4.98 Å². The number of aryl methyl sites for hydroxylation is 2. The average Bonchev–Trinajstić information content (AvgIpc) is 3.04. The predicted molar refractivity (Wildman–Crippen MR) is 122 cm³/mol. The molecule has 0 unspecified atom stereocenters. The lowest BCUT2D eigenvalue weighted by Crippen LogP contribution is -2.16. The zero-order valence-electron chi connectivity index (χ0n) is 22.5. The molecule has 0 saturated heterocycles. The standard InChI is InChI=1S/C28H25N/c1-18-13-14-21(15-23(18)20-10-6-5-7-11-20)26-16-25-24(17-29-26)22-12-8-9-19(2)27(22)28(25,3)4/h5-17H,1-4H3/i1D3,2D3. The zero-order chi connectivity index (χ0) is 25.2. The first-order chi connectivity index (χ1) is 16.4. The molecular formula is C28H25N. The van der Waals surface area contributed by atoms with Gasteiger partial charge in [-0.3, -0.25) is 4.98 Å². The number of hydrogen-bond acceptors (Lipinski definition) is 1. The Morgan fingerprint density at radius 2 is 1.55 bits per heavy atom. The highest BCUT2D eigenvalue weighted by molar-refractivity contribution is 5.83. The van der Waals surface area contributed by atoms with Crippen molar-refractivity contribution in [3.05, 3.63) is 101 Å². The van der Waals surface area contributed by atoms with Crippen molar-refractivity contribution >= 4 is 0 Å². The molecule has 0 fully saturated rings. The first kappa shape index (κ1) is 12.4. The maximum atomic E-state index is 8.05. The maximum absolute atomic E-state index is 8.05. The highest BCUT2D eigenvalue weighted by Gasteiger charge is 2.37. The van der Waals surface area contributed by atoms with E-state index in [1.54, 1.807) is 30.5 Å². The number of aromatic nitrogens is 1. The minimum absolute atomic E-state index is 0.295. The third-order valence-corrected chi connectivity index (χ3v) is 5.96. The molecule has 0 aliphatic heterocycles. The lowest BCUT2D eigenvalue weighted by atomic mass is 9.80. The fourth-order valence-electron chi connectivity index (χ4n) is 4.49. The molecule has 0 bridgehead atoms. The van der Waals surface area contributed by atoms with Crippen molar-refractivity contribution in [1.82, 2.24) is 4.98 Å². The number of rotatable bonds is 2. The Kier molecular flexibility index (Phi) is 2.74. The Labute approximate surface area is 181 Å². The van der Waals surface area contributed by atoms with Gasteiger partial charge in [-0.1, -0.05) is 74.5 Å². The van der Waals surface area contributed by atoms with E-state index in [-0.39, 0.29) is 0 Å². The summed E-state index contributed by atoms with van der Waals surface area (Å²) in [4.78, 5) is 4.72. The molecule has 142 valence electrons. The highest BCUT2D eigenvalue weighted by atomic mass is 14.7. The van der Waals surface area contributed by atoms with E-state index in [9.17, 15) is 0 Å². The normalized spacial score (nSPS) is 17.7. The van der Waals surface area contributed by atoms with Gasteiger partial charge in [0.05, 0.1) is 5.69 Å². The molecule has 0 saturated carbocycles. The van der Waals surface area contributed by atoms with Crippen LogP contribution in [0.25, 0.3) is 33.5 Å². The smallest absolute Gasteiger partial charge is 0.0705 e. The van der Waals surface area contributed by atoms with Crippen LogP contribution < -0.4 is 0 Å². The molecule has 1 heteroatoms. The van der Waals surface area contributed by atoms with Crippen molar-refractivity contribution in [3.8, 4) is 33.5 Å². The second-order valence-electron chi connectivity index (χ2n) is 8.09. The van der Waals surface area contributed by atoms with E-state index in [1.807, 2.05) is 62.4 Å². The summed E-state index contributed by atoms with van der Waals surface area (Å²) in [5.74, 6) is 0. The van der Waals surface area contributed by atoms with Crippen molar-refractivity contribution in [2.45, 2.75) is 33.0 Å². The predicted octanol–water partition coefficient (Wildman–Crippen LogP) is 7.34. The molecule has 1 heterocycles. The molecule has 1 aliphatic carbocycles. The van der Waals surface area contributed by atoms with E-state index in [1.165, 1.54) is 0 Å². The maximum Gasteiger partial charge on any atom is 0.0705 e. The molecule has 0 N–H and O–H groups in total. The summed E-state index contributed by atoms with van der Waals surface area (Å²) < 4.78 is 48.2. The first-order valence-electron chi connectivity index (χ1n) is 12.7. The van der Waals surface area contributed by atoms with E-state index in [0.29, 0.717) is 22.4 Å². The summed E-state index contributed by atoms with van der Waals surface area (Å²) in [6.07, 6.45) is 1.81. The van der Waals surface area contributed by atoms with Gasteiger partial charge >= 0.3 is 0 Å². The number of fused-ring (bicyclic) bond motifs is 3. The monoisotopic (exact) mass is 381 g/mol. The molecule has 1 aliphatic rings. The Balaban J connectivity index is 1.67. The summed E-state index contributed by atoms with van der Waals surface area (Å²) in [5.41, 5.74) is 6.81. The molecule has 0 spiro atoms. The van der Waals surface area contributed by atoms with Crippen molar-refractivity contribution in [2.24, 2.45) is 0 Å². The Hall–Kier alpha value is -3.19. The van der Waals surface area contributed by atoms with Gasteiger partial charge in [-0.15, -0.1) is 0 Å². The molecule has 4 aromatic rings. The summed E-state index contributed by atoms with van der Waals surface area (Å²) in [5, 5.41) is 0. The quantitative estimate of drug-likeness (QED) is 0.354. The van der Waals surface area contributed by atoms with Gasteiger partial charge < -0.3 is 0 Å². The van der Waals surface area contributed by atoms with Gasteiger partial charge in [0.15, 0.2) is 0 Å². The molecular weight excluding hydrogens is 350 g/mol. The second kappa shape index (κ2) is 6.42. The Morgan fingerprint density at radius 1 is 0.724 bits per heavy atom. The van der Waals surface area contributed by atoms with Crippen LogP contribution in [0.2, 0.25) is 0 Å². The van der Waals surface area contributed by atoms with E-state index >= 15 is 0 Å². The summed E-state index contributed by atoms with van der Waals surface area (Å²) in [6.45, 7) is -0.366. The fourth-order valence-corrected chi connectivity index (χ4v) is 4.49. The van der Waals surface area contributed by atoms with Crippen LogP contribution >= 0.6 is 0 Å². The topological polar surface area (TPSA) is 12.9 Å². The van der Waals surface area contributed by atoms with E-state index in [2.05, 4.69) is 0 Å². The zero-order valence-corrected chi connectivity index (χ0v) is 16.5. The van der Waals surface area contributed by atoms with Crippen LogP contribution in [0.5, 0.6) is 0 Å². The van der Waals surface area contributed by atoms with Crippen LogP contribution in [-0.2, 0) is 5.41 Å². The van der Waals surface area contributed by atoms with Crippen molar-refractivity contribution in [1.29, 1.82) is 0 Å². The number of nitrogens with zero attached hydrogens (tertiary/aromatic N) is 1. The SMILES string of the molecule is [2H]C([2H])([2H])c1ccc(-c2cc3c(cn2)-c2cccc(C([2H])([2H])[2H])c2C3(C)C)cc1-c1ccccc1. The minimum Gasteiger partial charge on any atom is -0.256 e. The second-order valence-corrected chi connectivity index (χ2v) is 8.09. The molecule has 3 aromatic carbocycles. The van der Waals surface area contributed by atoms with Crippen molar-refractivity contribution in [2.75, 3.05) is 0 Å². The van der Waals surface area contributed by atoms with Gasteiger partial charge in [-0.25, -0.2) is 0 Å². The van der Waals surface area contributed by atoms with Crippen LogP contribution in [0, 0.1) is 13.7 Å².